The van der Waals surface area contributed by atoms with Crippen LogP contribution >= 0.6 is 0 Å². The van der Waals surface area contributed by atoms with Crippen molar-refractivity contribution in [2.24, 2.45) is 5.14 Å². The molecule has 0 fully saturated rings. The zero-order valence-corrected chi connectivity index (χ0v) is 17.2. The maximum absolute atomic E-state index is 12.2. The molecule has 0 atom stereocenters. The number of rotatable bonds is 7. The Hall–Kier alpha value is -3.38. The van der Waals surface area contributed by atoms with Crippen molar-refractivity contribution in [3.05, 3.63) is 58.7 Å². The van der Waals surface area contributed by atoms with Crippen LogP contribution in [0.25, 0.3) is 0 Å². The number of ether oxygens (including phenoxy) is 2. The van der Waals surface area contributed by atoms with E-state index in [1.165, 1.54) is 13.0 Å². The lowest BCUT2D eigenvalue weighted by atomic mass is 10.1. The number of nitrogens with two attached hydrogens (primary N) is 1. The summed E-state index contributed by atoms with van der Waals surface area (Å²) < 4.78 is 56.5. The van der Waals surface area contributed by atoms with Gasteiger partial charge in [0.05, 0.1) is 10.5 Å². The smallest absolute Gasteiger partial charge is 0.387 e. The van der Waals surface area contributed by atoms with Crippen molar-refractivity contribution in [1.29, 1.82) is 0 Å². The highest BCUT2D eigenvalue weighted by Gasteiger charge is 2.19. The molecule has 2 rings (SSSR count). The number of hydrogen-bond acceptors (Lipinski definition) is 7. The molecule has 0 saturated carbocycles. The van der Waals surface area contributed by atoms with Crippen LogP contribution in [0.15, 0.2) is 41.3 Å². The Morgan fingerprint density at radius 2 is 1.68 bits per heavy atom. The number of nitrogens with one attached hydrogen (secondary N) is 1. The minimum Gasteiger partial charge on any atom is -0.452 e. The van der Waals surface area contributed by atoms with Crippen molar-refractivity contribution in [3.8, 4) is 5.75 Å². The second-order valence-corrected chi connectivity index (χ2v) is 7.85. The van der Waals surface area contributed by atoms with Gasteiger partial charge in [-0.25, -0.2) is 18.4 Å². The number of halogens is 2. The van der Waals surface area contributed by atoms with Gasteiger partial charge in [-0.2, -0.15) is 8.78 Å². The highest BCUT2D eigenvalue weighted by atomic mass is 32.2. The topological polar surface area (TPSA) is 142 Å². The molecule has 0 aliphatic rings. The lowest BCUT2D eigenvalue weighted by Gasteiger charge is -2.11. The highest BCUT2D eigenvalue weighted by molar-refractivity contribution is 7.89. The summed E-state index contributed by atoms with van der Waals surface area (Å²) in [6.45, 7) is -0.747. The molecular formula is C19H18F2N2O7S. The molecule has 0 bridgehead atoms. The van der Waals surface area contributed by atoms with Gasteiger partial charge in [-0.05, 0) is 61.4 Å². The average molecular weight is 456 g/mol. The largest absolute Gasteiger partial charge is 0.452 e. The molecule has 0 radical (unpaired) electrons. The third kappa shape index (κ3) is 6.55. The predicted octanol–water partition coefficient (Wildman–Crippen LogP) is 1.67. The summed E-state index contributed by atoms with van der Waals surface area (Å²) in [5.41, 5.74) is 0.679. The molecule has 2 amide bonds. The van der Waals surface area contributed by atoms with Crippen molar-refractivity contribution in [2.75, 3.05) is 6.61 Å². The van der Waals surface area contributed by atoms with Gasteiger partial charge in [0.2, 0.25) is 10.0 Å². The summed E-state index contributed by atoms with van der Waals surface area (Å²) in [6.07, 6.45) is 0. The number of amides is 2. The van der Waals surface area contributed by atoms with Crippen LogP contribution in [0.3, 0.4) is 0 Å². The van der Waals surface area contributed by atoms with Gasteiger partial charge in [0.1, 0.15) is 5.75 Å². The molecule has 3 N–H and O–H groups in total. The first kappa shape index (κ1) is 23.9. The maximum Gasteiger partial charge on any atom is 0.387 e. The fourth-order valence-corrected chi connectivity index (χ4v) is 3.36. The summed E-state index contributed by atoms with van der Waals surface area (Å²) >= 11 is 0. The predicted molar refractivity (Wildman–Crippen MR) is 103 cm³/mol. The Morgan fingerprint density at radius 1 is 1.06 bits per heavy atom. The van der Waals surface area contributed by atoms with Gasteiger partial charge in [0.15, 0.2) is 6.61 Å². The minimum absolute atomic E-state index is 0.0201. The normalized spacial score (nSPS) is 11.2. The van der Waals surface area contributed by atoms with E-state index >= 15 is 0 Å². The van der Waals surface area contributed by atoms with Gasteiger partial charge in [0.25, 0.3) is 11.8 Å². The van der Waals surface area contributed by atoms with Crippen LogP contribution in [0.2, 0.25) is 0 Å². The molecule has 0 aromatic heterocycles. The summed E-state index contributed by atoms with van der Waals surface area (Å²) in [4.78, 5) is 35.8. The third-order valence-electron chi connectivity index (χ3n) is 4.09. The van der Waals surface area contributed by atoms with E-state index < -0.39 is 41.0 Å². The number of alkyl halides is 2. The molecule has 0 saturated heterocycles. The first-order valence-electron chi connectivity index (χ1n) is 8.58. The Balaban J connectivity index is 1.99. The lowest BCUT2D eigenvalue weighted by Crippen LogP contribution is -2.34. The monoisotopic (exact) mass is 456 g/mol. The summed E-state index contributed by atoms with van der Waals surface area (Å²) in [5.74, 6) is -2.97. The Labute approximate surface area is 176 Å². The molecule has 0 heterocycles. The number of aryl methyl sites for hydroxylation is 1. The van der Waals surface area contributed by atoms with Gasteiger partial charge in [-0.15, -0.1) is 0 Å². The van der Waals surface area contributed by atoms with Crippen LogP contribution in [0.5, 0.6) is 5.75 Å². The van der Waals surface area contributed by atoms with Gasteiger partial charge in [-0.3, -0.25) is 14.9 Å². The molecular weight excluding hydrogens is 438 g/mol. The Bertz CT molecular complexity index is 1120. The zero-order chi connectivity index (χ0) is 23.3. The number of primary sulfonamides is 1. The van der Waals surface area contributed by atoms with Crippen molar-refractivity contribution < 1.29 is 41.1 Å². The fraction of sp³-hybridized carbons (Fsp3) is 0.211. The number of hydrogen-bond donors (Lipinski definition) is 2. The van der Waals surface area contributed by atoms with Gasteiger partial charge < -0.3 is 9.47 Å². The number of esters is 1. The second-order valence-electron chi connectivity index (χ2n) is 6.32. The zero-order valence-electron chi connectivity index (χ0n) is 16.3. The maximum atomic E-state index is 12.2. The summed E-state index contributed by atoms with van der Waals surface area (Å²) in [7, 11) is -4.08. The molecule has 9 nitrogen and oxygen atoms in total. The van der Waals surface area contributed by atoms with Crippen LogP contribution in [0.1, 0.15) is 31.8 Å². The Morgan fingerprint density at radius 3 is 2.23 bits per heavy atom. The van der Waals surface area contributed by atoms with Crippen molar-refractivity contribution >= 4 is 27.8 Å². The molecule has 0 unspecified atom stereocenters. The average Bonchev–Trinajstić information content (AvgIpc) is 2.67. The van der Waals surface area contributed by atoms with Crippen molar-refractivity contribution in [2.45, 2.75) is 25.4 Å². The third-order valence-corrected chi connectivity index (χ3v) is 5.13. The van der Waals surface area contributed by atoms with E-state index in [4.69, 9.17) is 9.88 Å². The van der Waals surface area contributed by atoms with E-state index in [9.17, 15) is 31.6 Å². The quantitative estimate of drug-likeness (QED) is 0.604. The lowest BCUT2D eigenvalue weighted by molar-refractivity contribution is -0.123. The van der Waals surface area contributed by atoms with E-state index in [2.05, 4.69) is 4.74 Å². The van der Waals surface area contributed by atoms with E-state index in [0.717, 1.165) is 30.3 Å². The van der Waals surface area contributed by atoms with E-state index in [-0.39, 0.29) is 21.8 Å². The number of imide groups is 1. The van der Waals surface area contributed by atoms with E-state index in [1.54, 1.807) is 6.92 Å². The highest BCUT2D eigenvalue weighted by Crippen LogP contribution is 2.20. The van der Waals surface area contributed by atoms with Crippen LogP contribution in [0, 0.1) is 13.8 Å². The molecule has 166 valence electrons. The number of carbonyl (C=O) groups is 3. The first-order chi connectivity index (χ1) is 14.4. The fourth-order valence-electron chi connectivity index (χ4n) is 2.48. The van der Waals surface area contributed by atoms with Gasteiger partial charge >= 0.3 is 12.6 Å². The summed E-state index contributed by atoms with van der Waals surface area (Å²) in [5, 5.41) is 7.09. The molecule has 12 heteroatoms. The Kier molecular flexibility index (Phi) is 7.41. The standard InChI is InChI=1S/C19H18F2N2O7S/c1-10-7-13(8-15(11(10)2)31(22,27)28)18(26)29-9-16(24)23-17(25)12-3-5-14(6-4-12)30-19(20)21/h3-8,19H,9H2,1-2H3,(H2,22,27,28)(H,23,24,25). The number of sulfonamides is 1. The van der Waals surface area contributed by atoms with E-state index in [1.807, 2.05) is 5.32 Å². The number of benzene rings is 2. The van der Waals surface area contributed by atoms with E-state index in [0.29, 0.717) is 11.1 Å². The minimum atomic E-state index is -4.08. The van der Waals surface area contributed by atoms with Crippen LogP contribution in [-0.2, 0) is 19.6 Å². The molecule has 2 aromatic carbocycles. The summed E-state index contributed by atoms with van der Waals surface area (Å²) in [6, 6.07) is 6.97. The molecule has 2 aromatic rings. The molecule has 31 heavy (non-hydrogen) atoms. The van der Waals surface area contributed by atoms with Crippen LogP contribution < -0.4 is 15.2 Å². The molecule has 0 aliphatic carbocycles. The van der Waals surface area contributed by atoms with Crippen molar-refractivity contribution in [3.63, 3.8) is 0 Å². The van der Waals surface area contributed by atoms with Crippen LogP contribution in [-0.4, -0.2) is 39.4 Å². The van der Waals surface area contributed by atoms with Crippen LogP contribution in [0.4, 0.5) is 8.78 Å². The van der Waals surface area contributed by atoms with Crippen molar-refractivity contribution in [1.82, 2.24) is 5.32 Å². The second kappa shape index (κ2) is 9.62. The first-order valence-corrected chi connectivity index (χ1v) is 10.1. The van der Waals surface area contributed by atoms with Gasteiger partial charge in [0, 0.05) is 5.56 Å². The number of carbonyl (C=O) groups excluding carboxylic acids is 3. The molecule has 0 spiro atoms. The van der Waals surface area contributed by atoms with Gasteiger partial charge in [-0.1, -0.05) is 0 Å². The molecule has 0 aliphatic heterocycles. The SMILES string of the molecule is Cc1cc(C(=O)OCC(=O)NC(=O)c2ccc(OC(F)F)cc2)cc(S(N)(=O)=O)c1C.